The number of urea groups is 1. The Balaban J connectivity index is 1.73. The van der Waals surface area contributed by atoms with Crippen molar-refractivity contribution in [3.05, 3.63) is 68.6 Å². The lowest BCUT2D eigenvalue weighted by Gasteiger charge is -2.37. The minimum Gasteiger partial charge on any atom is -0.493 e. The number of fused-ring (bicyclic) bond motifs is 3. The molecule has 1 fully saturated rings. The molecular weight excluding hydrogens is 470 g/mol. The number of ether oxygens (including phenoxy) is 2. The van der Waals surface area contributed by atoms with E-state index in [9.17, 15) is 9.59 Å². The van der Waals surface area contributed by atoms with Gasteiger partial charge in [0.05, 0.1) is 25.6 Å². The van der Waals surface area contributed by atoms with Gasteiger partial charge in [-0.1, -0.05) is 17.7 Å². The first-order chi connectivity index (χ1) is 17.7. The monoisotopic (exact) mass is 503 g/mol. The summed E-state index contributed by atoms with van der Waals surface area (Å²) in [7, 11) is 3.23. The molecule has 1 aliphatic heterocycles. The number of nitrogens with zero attached hydrogens (tertiary/aromatic N) is 3. The van der Waals surface area contributed by atoms with Crippen LogP contribution in [-0.2, 0) is 13.0 Å². The van der Waals surface area contributed by atoms with E-state index in [2.05, 4.69) is 24.4 Å². The van der Waals surface area contributed by atoms with Gasteiger partial charge >= 0.3 is 11.7 Å². The maximum absolute atomic E-state index is 14.0. The average molecular weight is 504 g/mol. The number of rotatable bonds is 5. The van der Waals surface area contributed by atoms with Gasteiger partial charge in [0, 0.05) is 30.3 Å². The smallest absolute Gasteiger partial charge is 0.330 e. The van der Waals surface area contributed by atoms with Crippen molar-refractivity contribution in [1.29, 1.82) is 0 Å². The fourth-order valence-electron chi connectivity index (χ4n) is 5.65. The van der Waals surface area contributed by atoms with Crippen molar-refractivity contribution in [1.82, 2.24) is 14.5 Å². The highest BCUT2D eigenvalue weighted by Crippen LogP contribution is 2.38. The van der Waals surface area contributed by atoms with Crippen LogP contribution in [-0.4, -0.2) is 35.4 Å². The van der Waals surface area contributed by atoms with Gasteiger partial charge in [-0.3, -0.25) is 9.13 Å². The van der Waals surface area contributed by atoms with Crippen LogP contribution in [0, 0.1) is 20.8 Å². The molecule has 0 saturated heterocycles. The fourth-order valence-corrected chi connectivity index (χ4v) is 5.65. The first-order valence-corrected chi connectivity index (χ1v) is 12.5. The Labute approximate surface area is 215 Å². The molecule has 37 heavy (non-hydrogen) atoms. The Hall–Kier alpha value is -4.01. The third-order valence-electron chi connectivity index (χ3n) is 7.42. The van der Waals surface area contributed by atoms with Crippen LogP contribution in [0.15, 0.2) is 40.1 Å². The molecule has 2 aromatic carbocycles. The number of carbonyl (C=O) groups excluding carboxylic acids is 1. The van der Waals surface area contributed by atoms with Crippen molar-refractivity contribution in [3.63, 3.8) is 0 Å². The number of aromatic nitrogens is 2. The number of hydrogen-bond donors (Lipinski definition) is 2. The maximum atomic E-state index is 14.0. The highest BCUT2D eigenvalue weighted by molar-refractivity contribution is 5.72. The van der Waals surface area contributed by atoms with Crippen LogP contribution in [0.25, 0.3) is 11.3 Å². The first-order valence-electron chi connectivity index (χ1n) is 12.5. The Morgan fingerprint density at radius 3 is 2.30 bits per heavy atom. The minimum absolute atomic E-state index is 0.0522. The van der Waals surface area contributed by atoms with Crippen LogP contribution in [0.4, 0.5) is 10.5 Å². The molecule has 5 rings (SSSR count). The van der Waals surface area contributed by atoms with Crippen LogP contribution in [0.2, 0.25) is 0 Å². The quantitative estimate of drug-likeness (QED) is 0.555. The molecule has 0 radical (unpaired) electrons. The van der Waals surface area contributed by atoms with E-state index in [0.717, 1.165) is 33.6 Å². The Bertz CT molecular complexity index is 1510. The summed E-state index contributed by atoms with van der Waals surface area (Å²) < 4.78 is 14.7. The lowest BCUT2D eigenvalue weighted by molar-refractivity contribution is 0.202. The summed E-state index contributed by atoms with van der Waals surface area (Å²) >= 11 is 0. The van der Waals surface area contributed by atoms with Gasteiger partial charge in [0.2, 0.25) is 0 Å². The molecule has 1 aromatic heterocycles. The lowest BCUT2D eigenvalue weighted by Crippen LogP contribution is -2.53. The predicted octanol–water partition coefficient (Wildman–Crippen LogP) is 3.42. The zero-order valence-electron chi connectivity index (χ0n) is 21.9. The zero-order chi connectivity index (χ0) is 26.4. The summed E-state index contributed by atoms with van der Waals surface area (Å²) in [4.78, 5) is 30.4. The highest BCUT2D eigenvalue weighted by atomic mass is 16.5. The van der Waals surface area contributed by atoms with E-state index >= 15 is 0 Å². The third kappa shape index (κ3) is 4.39. The molecule has 9 heteroatoms. The number of hydrogen-bond acceptors (Lipinski definition) is 5. The first kappa shape index (κ1) is 24.7. The van der Waals surface area contributed by atoms with E-state index in [1.165, 1.54) is 5.56 Å². The number of primary amides is 1. The number of benzene rings is 2. The number of methoxy groups -OCH3 is 2. The summed E-state index contributed by atoms with van der Waals surface area (Å²) in [6.45, 7) is 6.69. The van der Waals surface area contributed by atoms with Crippen LogP contribution < -0.4 is 31.7 Å². The molecule has 9 nitrogen and oxygen atoms in total. The Kier molecular flexibility index (Phi) is 6.31. The number of nitrogens with two attached hydrogens (primary N) is 1. The van der Waals surface area contributed by atoms with E-state index in [1.807, 2.05) is 36.6 Å². The van der Waals surface area contributed by atoms with Gasteiger partial charge < -0.3 is 20.5 Å². The topological polar surface area (TPSA) is 113 Å². The summed E-state index contributed by atoms with van der Waals surface area (Å²) in [5.74, 6) is 1.28. The molecule has 0 unspecified atom stereocenters. The Morgan fingerprint density at radius 2 is 1.68 bits per heavy atom. The molecule has 3 aromatic rings. The minimum atomic E-state index is -0.549. The lowest BCUT2D eigenvalue weighted by atomic mass is 9.86. The zero-order valence-corrected chi connectivity index (χ0v) is 21.9. The van der Waals surface area contributed by atoms with Crippen LogP contribution >= 0.6 is 0 Å². The van der Waals surface area contributed by atoms with Gasteiger partial charge in [0.15, 0.2) is 11.5 Å². The second-order valence-electron chi connectivity index (χ2n) is 10.00. The summed E-state index contributed by atoms with van der Waals surface area (Å²) in [6.07, 6.45) is 1.95. The second kappa shape index (κ2) is 9.46. The maximum Gasteiger partial charge on any atom is 0.330 e. The molecule has 0 spiro atoms. The SMILES string of the molecule is COc1cc2c(cc1OC)-c1cc(=Nc3c(C)cc(C)cc3C)n(C3CC(NC(N)=O)C3)c(=O)n1CC2. The van der Waals surface area contributed by atoms with Crippen molar-refractivity contribution >= 4 is 11.7 Å². The largest absolute Gasteiger partial charge is 0.493 e. The summed E-state index contributed by atoms with van der Waals surface area (Å²) in [5, 5.41) is 2.75. The van der Waals surface area contributed by atoms with Gasteiger partial charge in [-0.15, -0.1) is 0 Å². The number of nitrogens with one attached hydrogen (secondary N) is 1. The summed E-state index contributed by atoms with van der Waals surface area (Å²) in [6, 6.07) is 9.44. The second-order valence-corrected chi connectivity index (χ2v) is 10.00. The molecule has 194 valence electrons. The van der Waals surface area contributed by atoms with E-state index in [-0.39, 0.29) is 17.8 Å². The van der Waals surface area contributed by atoms with Gasteiger partial charge in [0.1, 0.15) is 5.49 Å². The van der Waals surface area contributed by atoms with E-state index in [4.69, 9.17) is 20.2 Å². The predicted molar refractivity (Wildman–Crippen MR) is 142 cm³/mol. The average Bonchev–Trinajstić information content (AvgIpc) is 2.82. The van der Waals surface area contributed by atoms with Crippen LogP contribution in [0.5, 0.6) is 11.5 Å². The van der Waals surface area contributed by atoms with Gasteiger partial charge in [-0.25, -0.2) is 14.6 Å². The molecule has 1 saturated carbocycles. The third-order valence-corrected chi connectivity index (χ3v) is 7.42. The molecular formula is C28H33N5O4. The van der Waals surface area contributed by atoms with Gasteiger partial charge in [-0.2, -0.15) is 0 Å². The Morgan fingerprint density at radius 1 is 1.03 bits per heavy atom. The van der Waals surface area contributed by atoms with Crippen molar-refractivity contribution in [2.24, 2.45) is 10.7 Å². The molecule has 2 amide bonds. The van der Waals surface area contributed by atoms with E-state index in [0.29, 0.717) is 42.8 Å². The number of amides is 2. The molecule has 2 heterocycles. The molecule has 3 N–H and O–H groups in total. The van der Waals surface area contributed by atoms with Crippen LogP contribution in [0.3, 0.4) is 0 Å². The van der Waals surface area contributed by atoms with Crippen molar-refractivity contribution in [3.8, 4) is 22.8 Å². The molecule has 0 atom stereocenters. The van der Waals surface area contributed by atoms with Gasteiger partial charge in [0.25, 0.3) is 0 Å². The summed E-state index contributed by atoms with van der Waals surface area (Å²) in [5.41, 5.74) is 12.8. The molecule has 0 bridgehead atoms. The van der Waals surface area contributed by atoms with Crippen LogP contribution in [0.1, 0.15) is 41.1 Å². The van der Waals surface area contributed by atoms with Gasteiger partial charge in [-0.05, 0) is 68.9 Å². The standard InChI is InChI=1S/C28H33N5O4/c1-15-8-16(2)26(17(3)9-15)31-25-14-22-21-13-24(37-5)23(36-4)10-18(21)6-7-32(22)28(35)33(25)20-11-19(12-20)30-27(29)34/h8-10,13-14,19-20H,6-7,11-12H2,1-5H3,(H3,29,30,34). The van der Waals surface area contributed by atoms with E-state index in [1.54, 1.807) is 18.8 Å². The normalized spacial score (nSPS) is 18.5. The number of carbonyl (C=O) groups is 1. The van der Waals surface area contributed by atoms with Crippen molar-refractivity contribution in [2.45, 2.75) is 58.7 Å². The fraction of sp³-hybridized carbons (Fsp3) is 0.393. The highest BCUT2D eigenvalue weighted by Gasteiger charge is 2.34. The number of aryl methyl sites for hydroxylation is 4. The molecule has 2 aliphatic rings. The molecule has 1 aliphatic carbocycles. The van der Waals surface area contributed by atoms with E-state index < -0.39 is 6.03 Å². The van der Waals surface area contributed by atoms with Crippen molar-refractivity contribution in [2.75, 3.05) is 14.2 Å². The van der Waals surface area contributed by atoms with Crippen molar-refractivity contribution < 1.29 is 14.3 Å².